The Morgan fingerprint density at radius 1 is 0.950 bits per heavy atom. The van der Waals surface area contributed by atoms with E-state index in [0.29, 0.717) is 42.6 Å². The van der Waals surface area contributed by atoms with Crippen LogP contribution in [0.4, 0.5) is 5.95 Å². The first-order chi connectivity index (χ1) is 19.5. The lowest BCUT2D eigenvalue weighted by Crippen LogP contribution is -2.48. The summed E-state index contributed by atoms with van der Waals surface area (Å²) in [5.41, 5.74) is 3.30. The summed E-state index contributed by atoms with van der Waals surface area (Å²) in [6, 6.07) is 20.0. The summed E-state index contributed by atoms with van der Waals surface area (Å²) < 4.78 is 6.97. The molecule has 0 atom stereocenters. The number of hydrogen-bond donors (Lipinski definition) is 2. The lowest BCUT2D eigenvalue weighted by atomic mass is 10.1. The fourth-order valence-electron chi connectivity index (χ4n) is 4.82. The Morgan fingerprint density at radius 2 is 1.70 bits per heavy atom. The van der Waals surface area contributed by atoms with Crippen molar-refractivity contribution in [3.05, 3.63) is 93.9 Å². The SMILES string of the molecule is Cc1nc(N2CCN(CCOCCO)CC2)nc2c1ccc(=O)n2-c1ccc(C(=O)NCc2ccccc2)cc1. The van der Waals surface area contributed by atoms with Gasteiger partial charge in [0, 0.05) is 56.3 Å². The standard InChI is InChI=1S/C30H34N6O4/c1-22-26-11-12-27(38)36(25-9-7-24(8-10-25)29(39)31-21-23-5-3-2-4-6-23)28(26)33-30(32-22)35-15-13-34(14-16-35)17-19-40-20-18-37/h2-12,37H,13-21H2,1H3,(H,31,39). The van der Waals surface area contributed by atoms with Crippen LogP contribution in [0.2, 0.25) is 0 Å². The number of carbonyl (C=O) groups excluding carboxylic acids is 1. The van der Waals surface area contributed by atoms with Crippen LogP contribution in [0.1, 0.15) is 21.6 Å². The van der Waals surface area contributed by atoms with Crippen LogP contribution in [0.15, 0.2) is 71.5 Å². The number of fused-ring (bicyclic) bond motifs is 1. The molecule has 0 spiro atoms. The summed E-state index contributed by atoms with van der Waals surface area (Å²) >= 11 is 0. The van der Waals surface area contributed by atoms with Crippen LogP contribution < -0.4 is 15.8 Å². The van der Waals surface area contributed by atoms with E-state index < -0.39 is 0 Å². The first kappa shape index (κ1) is 27.4. The number of nitrogens with one attached hydrogen (secondary N) is 1. The fraction of sp³-hybridized carbons (Fsp3) is 0.333. The summed E-state index contributed by atoms with van der Waals surface area (Å²) in [5.74, 6) is 0.415. The molecule has 4 aromatic rings. The number of benzene rings is 2. The quantitative estimate of drug-likeness (QED) is 0.293. The van der Waals surface area contributed by atoms with Gasteiger partial charge in [-0.2, -0.15) is 4.98 Å². The molecule has 2 aromatic heterocycles. The van der Waals surface area contributed by atoms with Crippen molar-refractivity contribution >= 4 is 22.9 Å². The number of aromatic nitrogens is 3. The van der Waals surface area contributed by atoms with Crippen molar-refractivity contribution in [3.63, 3.8) is 0 Å². The minimum Gasteiger partial charge on any atom is -0.394 e. The lowest BCUT2D eigenvalue weighted by Gasteiger charge is -2.34. The predicted octanol–water partition coefficient (Wildman–Crippen LogP) is 2.15. The van der Waals surface area contributed by atoms with E-state index >= 15 is 0 Å². The maximum Gasteiger partial charge on any atom is 0.256 e. The second kappa shape index (κ2) is 12.8. The first-order valence-corrected chi connectivity index (χ1v) is 13.5. The van der Waals surface area contributed by atoms with Crippen molar-refractivity contribution in [1.29, 1.82) is 0 Å². The molecule has 1 aliphatic rings. The number of amides is 1. The fourth-order valence-corrected chi connectivity index (χ4v) is 4.82. The minimum atomic E-state index is -0.203. The van der Waals surface area contributed by atoms with Gasteiger partial charge in [-0.25, -0.2) is 4.98 Å². The maximum atomic E-state index is 13.1. The molecule has 10 nitrogen and oxygen atoms in total. The Hall–Kier alpha value is -4.12. The molecule has 0 bridgehead atoms. The van der Waals surface area contributed by atoms with Crippen LogP contribution in [-0.2, 0) is 11.3 Å². The average molecular weight is 543 g/mol. The van der Waals surface area contributed by atoms with E-state index in [2.05, 4.69) is 15.1 Å². The van der Waals surface area contributed by atoms with Gasteiger partial charge in [-0.1, -0.05) is 30.3 Å². The molecule has 1 amide bonds. The number of hydrogen-bond acceptors (Lipinski definition) is 8. The molecule has 5 rings (SSSR count). The highest BCUT2D eigenvalue weighted by Gasteiger charge is 2.21. The van der Waals surface area contributed by atoms with Gasteiger partial charge in [0.1, 0.15) is 0 Å². The van der Waals surface area contributed by atoms with Gasteiger partial charge in [0.15, 0.2) is 5.65 Å². The third-order valence-electron chi connectivity index (χ3n) is 7.06. The number of aryl methyl sites for hydroxylation is 1. The van der Waals surface area contributed by atoms with E-state index in [1.807, 2.05) is 37.3 Å². The van der Waals surface area contributed by atoms with Gasteiger partial charge in [-0.3, -0.25) is 19.1 Å². The molecule has 3 heterocycles. The molecule has 0 saturated carbocycles. The van der Waals surface area contributed by atoms with Crippen LogP contribution >= 0.6 is 0 Å². The van der Waals surface area contributed by atoms with Crippen LogP contribution in [0.25, 0.3) is 16.7 Å². The van der Waals surface area contributed by atoms with E-state index in [4.69, 9.17) is 19.8 Å². The predicted molar refractivity (Wildman–Crippen MR) is 154 cm³/mol. The largest absolute Gasteiger partial charge is 0.394 e. The van der Waals surface area contributed by atoms with Crippen molar-refractivity contribution in [1.82, 2.24) is 24.8 Å². The van der Waals surface area contributed by atoms with Crippen LogP contribution in [-0.4, -0.2) is 83.0 Å². The summed E-state index contributed by atoms with van der Waals surface area (Å²) in [5, 5.41) is 12.6. The van der Waals surface area contributed by atoms with E-state index in [1.165, 1.54) is 6.07 Å². The molecule has 208 valence electrons. The normalized spacial score (nSPS) is 14.0. The van der Waals surface area contributed by atoms with Gasteiger partial charge in [0.2, 0.25) is 5.95 Å². The molecule has 0 aliphatic carbocycles. The molecule has 1 aliphatic heterocycles. The van der Waals surface area contributed by atoms with Crippen molar-refractivity contribution in [2.75, 3.05) is 57.4 Å². The van der Waals surface area contributed by atoms with Gasteiger partial charge >= 0.3 is 0 Å². The first-order valence-electron chi connectivity index (χ1n) is 13.5. The van der Waals surface area contributed by atoms with Crippen LogP contribution in [0.3, 0.4) is 0 Å². The molecule has 1 saturated heterocycles. The average Bonchev–Trinajstić information content (AvgIpc) is 2.99. The Balaban J connectivity index is 1.34. The number of nitrogens with zero attached hydrogens (tertiary/aromatic N) is 5. The number of anilines is 1. The number of pyridine rings is 1. The van der Waals surface area contributed by atoms with E-state index in [1.54, 1.807) is 34.9 Å². The zero-order valence-electron chi connectivity index (χ0n) is 22.6. The topological polar surface area (TPSA) is 113 Å². The third kappa shape index (κ3) is 6.36. The maximum absolute atomic E-state index is 13.1. The number of ether oxygens (including phenoxy) is 1. The number of aliphatic hydroxyl groups excluding tert-OH is 1. The smallest absolute Gasteiger partial charge is 0.256 e. The van der Waals surface area contributed by atoms with Crippen LogP contribution in [0, 0.1) is 6.92 Å². The molecule has 40 heavy (non-hydrogen) atoms. The molecule has 2 aromatic carbocycles. The number of carbonyl (C=O) groups is 1. The van der Waals surface area contributed by atoms with Crippen molar-refractivity contribution in [3.8, 4) is 5.69 Å². The van der Waals surface area contributed by atoms with E-state index in [9.17, 15) is 9.59 Å². The highest BCUT2D eigenvalue weighted by atomic mass is 16.5. The number of piperazine rings is 1. The number of rotatable bonds is 10. The Kier molecular flexibility index (Phi) is 8.80. The zero-order valence-corrected chi connectivity index (χ0v) is 22.6. The minimum absolute atomic E-state index is 0.0335. The van der Waals surface area contributed by atoms with E-state index in [0.717, 1.165) is 49.4 Å². The van der Waals surface area contributed by atoms with Gasteiger partial charge in [0.25, 0.3) is 11.5 Å². The van der Waals surface area contributed by atoms with Gasteiger partial charge < -0.3 is 20.1 Å². The second-order valence-corrected chi connectivity index (χ2v) is 9.73. The lowest BCUT2D eigenvalue weighted by molar-refractivity contribution is 0.0724. The molecule has 0 radical (unpaired) electrons. The Morgan fingerprint density at radius 3 is 2.42 bits per heavy atom. The highest BCUT2D eigenvalue weighted by Crippen LogP contribution is 2.22. The van der Waals surface area contributed by atoms with Gasteiger partial charge in [0.05, 0.1) is 31.2 Å². The summed E-state index contributed by atoms with van der Waals surface area (Å²) in [6.45, 7) is 7.37. The highest BCUT2D eigenvalue weighted by molar-refractivity contribution is 5.94. The molecule has 10 heteroatoms. The molecular formula is C30H34N6O4. The van der Waals surface area contributed by atoms with Gasteiger partial charge in [-0.05, 0) is 42.8 Å². The molecule has 0 unspecified atom stereocenters. The van der Waals surface area contributed by atoms with Gasteiger partial charge in [-0.15, -0.1) is 0 Å². The summed E-state index contributed by atoms with van der Waals surface area (Å²) in [6.07, 6.45) is 0. The molecular weight excluding hydrogens is 508 g/mol. The Labute approximate surface area is 232 Å². The number of aliphatic hydroxyl groups is 1. The van der Waals surface area contributed by atoms with Crippen LogP contribution in [0.5, 0.6) is 0 Å². The monoisotopic (exact) mass is 542 g/mol. The zero-order chi connectivity index (χ0) is 27.9. The van der Waals surface area contributed by atoms with Crippen molar-refractivity contribution < 1.29 is 14.6 Å². The van der Waals surface area contributed by atoms with Crippen molar-refractivity contribution in [2.24, 2.45) is 0 Å². The second-order valence-electron chi connectivity index (χ2n) is 9.73. The summed E-state index contributed by atoms with van der Waals surface area (Å²) in [4.78, 5) is 39.8. The molecule has 1 fully saturated rings. The third-order valence-corrected chi connectivity index (χ3v) is 7.06. The van der Waals surface area contributed by atoms with E-state index in [-0.39, 0.29) is 18.1 Å². The summed E-state index contributed by atoms with van der Waals surface area (Å²) in [7, 11) is 0. The van der Waals surface area contributed by atoms with Crippen molar-refractivity contribution in [2.45, 2.75) is 13.5 Å². The Bertz CT molecular complexity index is 1500. The molecule has 2 N–H and O–H groups in total.